The van der Waals surface area contributed by atoms with Crippen molar-refractivity contribution in [3.8, 4) is 0 Å². The third kappa shape index (κ3) is 4.67. The summed E-state index contributed by atoms with van der Waals surface area (Å²) in [6, 6.07) is 14.4. The summed E-state index contributed by atoms with van der Waals surface area (Å²) in [5.74, 6) is -0.429. The molecule has 0 bridgehead atoms. The van der Waals surface area contributed by atoms with Crippen molar-refractivity contribution >= 4 is 17.5 Å². The highest BCUT2D eigenvalue weighted by Crippen LogP contribution is 2.20. The van der Waals surface area contributed by atoms with Crippen LogP contribution >= 0.6 is 0 Å². The van der Waals surface area contributed by atoms with Gasteiger partial charge in [-0.3, -0.25) is 9.59 Å². The maximum Gasteiger partial charge on any atom is 0.251 e. The van der Waals surface area contributed by atoms with Crippen molar-refractivity contribution < 1.29 is 14.7 Å². The van der Waals surface area contributed by atoms with E-state index in [9.17, 15) is 14.7 Å². The molecule has 0 saturated carbocycles. The van der Waals surface area contributed by atoms with Gasteiger partial charge >= 0.3 is 0 Å². The fraction of sp³-hybridized carbons (Fsp3) is 0.263. The van der Waals surface area contributed by atoms with E-state index in [1.54, 1.807) is 18.2 Å². The van der Waals surface area contributed by atoms with E-state index < -0.39 is 0 Å². The molecule has 5 heteroatoms. The minimum absolute atomic E-state index is 0.0229. The summed E-state index contributed by atoms with van der Waals surface area (Å²) in [5, 5.41) is 14.9. The number of nitrogens with one attached hydrogen (secondary N) is 2. The van der Waals surface area contributed by atoms with Gasteiger partial charge in [-0.05, 0) is 36.6 Å². The molecule has 0 saturated heterocycles. The van der Waals surface area contributed by atoms with Crippen LogP contribution in [0.1, 0.15) is 40.9 Å². The zero-order valence-corrected chi connectivity index (χ0v) is 13.9. The molecule has 0 fully saturated rings. The zero-order valence-electron chi connectivity index (χ0n) is 13.9. The first kappa shape index (κ1) is 17.7. The van der Waals surface area contributed by atoms with Crippen molar-refractivity contribution in [3.63, 3.8) is 0 Å². The first-order chi connectivity index (χ1) is 11.5. The van der Waals surface area contributed by atoms with Crippen molar-refractivity contribution in [1.82, 2.24) is 5.32 Å². The maximum absolute atomic E-state index is 12.5. The molecule has 0 aromatic heterocycles. The highest BCUT2D eigenvalue weighted by molar-refractivity contribution is 5.97. The Kier molecular flexibility index (Phi) is 6.09. The van der Waals surface area contributed by atoms with E-state index in [2.05, 4.69) is 10.6 Å². The van der Waals surface area contributed by atoms with Crippen LogP contribution in [0, 0.1) is 6.92 Å². The fourth-order valence-corrected chi connectivity index (χ4v) is 2.47. The number of aryl methyl sites for hydroxylation is 1. The largest absolute Gasteiger partial charge is 0.396 e. The Labute approximate surface area is 141 Å². The second-order valence-electron chi connectivity index (χ2n) is 5.66. The SMILES string of the molecule is CC(=O)Nc1cc(C(=O)NC(CCO)c2ccccc2)ccc1C. The standard InChI is InChI=1S/C19H22N2O3/c1-13-8-9-16(12-18(13)20-14(2)23)19(24)21-17(10-11-22)15-6-4-3-5-7-15/h3-9,12,17,22H,10-11H2,1-2H3,(H,20,23)(H,21,24). The molecule has 0 aliphatic heterocycles. The van der Waals surface area contributed by atoms with Gasteiger partial charge in [-0.25, -0.2) is 0 Å². The van der Waals surface area contributed by atoms with E-state index in [1.807, 2.05) is 37.3 Å². The molecule has 0 aliphatic rings. The summed E-state index contributed by atoms with van der Waals surface area (Å²) in [4.78, 5) is 23.8. The summed E-state index contributed by atoms with van der Waals surface area (Å²) in [6.07, 6.45) is 0.431. The van der Waals surface area contributed by atoms with E-state index in [0.717, 1.165) is 11.1 Å². The molecular weight excluding hydrogens is 304 g/mol. The summed E-state index contributed by atoms with van der Waals surface area (Å²) < 4.78 is 0. The highest BCUT2D eigenvalue weighted by atomic mass is 16.3. The molecule has 2 aromatic carbocycles. The van der Waals surface area contributed by atoms with Gasteiger partial charge in [0.15, 0.2) is 0 Å². The van der Waals surface area contributed by atoms with Crippen molar-refractivity contribution in [2.45, 2.75) is 26.3 Å². The molecule has 3 N–H and O–H groups in total. The Morgan fingerprint density at radius 1 is 1.12 bits per heavy atom. The molecule has 1 unspecified atom stereocenters. The van der Waals surface area contributed by atoms with Gasteiger partial charge in [0.05, 0.1) is 6.04 Å². The van der Waals surface area contributed by atoms with Gasteiger partial charge in [0.2, 0.25) is 5.91 Å². The number of hydrogen-bond donors (Lipinski definition) is 3. The third-order valence-corrected chi connectivity index (χ3v) is 3.74. The number of benzene rings is 2. The van der Waals surface area contributed by atoms with Crippen molar-refractivity contribution in [3.05, 3.63) is 65.2 Å². The maximum atomic E-state index is 12.5. The van der Waals surface area contributed by atoms with Gasteiger partial charge in [0.1, 0.15) is 0 Å². The number of hydrogen-bond acceptors (Lipinski definition) is 3. The summed E-state index contributed by atoms with van der Waals surface area (Å²) >= 11 is 0. The van der Waals surface area contributed by atoms with E-state index in [-0.39, 0.29) is 24.5 Å². The normalized spacial score (nSPS) is 11.6. The van der Waals surface area contributed by atoms with Gasteiger partial charge in [-0.2, -0.15) is 0 Å². The van der Waals surface area contributed by atoms with Crippen LogP contribution in [0.4, 0.5) is 5.69 Å². The Bertz CT molecular complexity index is 714. The second kappa shape index (κ2) is 8.26. The monoisotopic (exact) mass is 326 g/mol. The minimum atomic E-state index is -0.269. The van der Waals surface area contributed by atoms with Crippen LogP contribution in [0.5, 0.6) is 0 Å². The predicted octanol–water partition coefficient (Wildman–Crippen LogP) is 2.81. The van der Waals surface area contributed by atoms with Gasteiger partial charge in [0, 0.05) is 24.8 Å². The Balaban J connectivity index is 2.19. The fourth-order valence-electron chi connectivity index (χ4n) is 2.47. The predicted molar refractivity (Wildman–Crippen MR) is 93.8 cm³/mol. The molecule has 0 aliphatic carbocycles. The third-order valence-electron chi connectivity index (χ3n) is 3.74. The molecule has 24 heavy (non-hydrogen) atoms. The number of rotatable bonds is 6. The first-order valence-corrected chi connectivity index (χ1v) is 7.86. The number of anilines is 1. The van der Waals surface area contributed by atoms with E-state index in [0.29, 0.717) is 17.7 Å². The van der Waals surface area contributed by atoms with Gasteiger partial charge < -0.3 is 15.7 Å². The van der Waals surface area contributed by atoms with Crippen LogP contribution in [-0.4, -0.2) is 23.5 Å². The summed E-state index contributed by atoms with van der Waals surface area (Å²) in [7, 11) is 0. The van der Waals surface area contributed by atoms with Crippen LogP contribution < -0.4 is 10.6 Å². The van der Waals surface area contributed by atoms with Crippen molar-refractivity contribution in [2.75, 3.05) is 11.9 Å². The lowest BCUT2D eigenvalue weighted by atomic mass is 10.0. The van der Waals surface area contributed by atoms with E-state index in [1.165, 1.54) is 6.92 Å². The Hall–Kier alpha value is -2.66. The Morgan fingerprint density at radius 3 is 2.46 bits per heavy atom. The van der Waals surface area contributed by atoms with Crippen LogP contribution in [0.15, 0.2) is 48.5 Å². The number of amides is 2. The molecule has 5 nitrogen and oxygen atoms in total. The molecule has 0 heterocycles. The number of carbonyl (C=O) groups is 2. The zero-order chi connectivity index (χ0) is 17.5. The molecule has 1 atom stereocenters. The van der Waals surface area contributed by atoms with Gasteiger partial charge in [-0.15, -0.1) is 0 Å². The smallest absolute Gasteiger partial charge is 0.251 e. The van der Waals surface area contributed by atoms with Crippen LogP contribution in [0.2, 0.25) is 0 Å². The van der Waals surface area contributed by atoms with E-state index in [4.69, 9.17) is 0 Å². The van der Waals surface area contributed by atoms with Crippen molar-refractivity contribution in [1.29, 1.82) is 0 Å². The Morgan fingerprint density at radius 2 is 1.83 bits per heavy atom. The van der Waals surface area contributed by atoms with Gasteiger partial charge in [0.25, 0.3) is 5.91 Å². The molecule has 0 radical (unpaired) electrons. The number of aliphatic hydroxyl groups excluding tert-OH is 1. The molecule has 0 spiro atoms. The average Bonchev–Trinajstić information content (AvgIpc) is 2.56. The minimum Gasteiger partial charge on any atom is -0.396 e. The van der Waals surface area contributed by atoms with Crippen LogP contribution in [-0.2, 0) is 4.79 Å². The second-order valence-corrected chi connectivity index (χ2v) is 5.66. The highest BCUT2D eigenvalue weighted by Gasteiger charge is 2.16. The molecule has 2 rings (SSSR count). The molecule has 2 amide bonds. The molecular formula is C19H22N2O3. The topological polar surface area (TPSA) is 78.4 Å². The lowest BCUT2D eigenvalue weighted by Gasteiger charge is -2.19. The van der Waals surface area contributed by atoms with Crippen LogP contribution in [0.3, 0.4) is 0 Å². The first-order valence-electron chi connectivity index (χ1n) is 7.86. The lowest BCUT2D eigenvalue weighted by molar-refractivity contribution is -0.114. The summed E-state index contributed by atoms with van der Waals surface area (Å²) in [5.41, 5.74) is 2.91. The van der Waals surface area contributed by atoms with Gasteiger partial charge in [-0.1, -0.05) is 36.4 Å². The summed E-state index contributed by atoms with van der Waals surface area (Å²) in [6.45, 7) is 3.27. The molecule has 2 aromatic rings. The number of aliphatic hydroxyl groups is 1. The quantitative estimate of drug-likeness (QED) is 0.764. The lowest BCUT2D eigenvalue weighted by Crippen LogP contribution is -2.29. The van der Waals surface area contributed by atoms with Crippen LogP contribution in [0.25, 0.3) is 0 Å². The average molecular weight is 326 g/mol. The molecule has 126 valence electrons. The van der Waals surface area contributed by atoms with Crippen molar-refractivity contribution in [2.24, 2.45) is 0 Å². The number of carbonyl (C=O) groups excluding carboxylic acids is 2. The van der Waals surface area contributed by atoms with E-state index >= 15 is 0 Å².